The third-order valence-electron chi connectivity index (χ3n) is 2.55. The van der Waals surface area contributed by atoms with Crippen molar-refractivity contribution in [3.05, 3.63) is 60.9 Å². The van der Waals surface area contributed by atoms with Crippen LogP contribution < -0.4 is 0 Å². The maximum Gasteiger partial charge on any atom is 0.0621 e. The largest absolute Gasteiger partial charge is 0.263 e. The van der Waals surface area contributed by atoms with Crippen molar-refractivity contribution in [2.45, 2.75) is 11.2 Å². The molecule has 0 saturated heterocycles. The Labute approximate surface area is 142 Å². The molecule has 0 spiro atoms. The topological polar surface area (TPSA) is 12.9 Å². The van der Waals surface area contributed by atoms with E-state index in [1.807, 2.05) is 12.1 Å². The minimum atomic E-state index is 0.238. The summed E-state index contributed by atoms with van der Waals surface area (Å²) in [7, 11) is 0. The highest BCUT2D eigenvalue weighted by Crippen LogP contribution is 2.33. The summed E-state index contributed by atoms with van der Waals surface area (Å²) in [6.45, 7) is 0. The van der Waals surface area contributed by atoms with Gasteiger partial charge in [-0.25, -0.2) is 0 Å². The molecule has 94 valence electrons. The summed E-state index contributed by atoms with van der Waals surface area (Å²) in [5.74, 6) is 0. The van der Waals surface area contributed by atoms with Crippen molar-refractivity contribution >= 4 is 66.1 Å². The molecule has 0 amide bonds. The first-order valence-corrected chi connectivity index (χ1v) is 8.42. The molecule has 18 heavy (non-hydrogen) atoms. The second-order valence-corrected chi connectivity index (χ2v) is 7.39. The lowest BCUT2D eigenvalue weighted by molar-refractivity contribution is 0.938. The van der Waals surface area contributed by atoms with Gasteiger partial charge in [-0.05, 0) is 64.4 Å². The Hall–Kier alpha value is 0.350. The van der Waals surface area contributed by atoms with E-state index in [2.05, 4.69) is 71.6 Å². The average Bonchev–Trinajstić information content (AvgIpc) is 2.35. The number of alkyl halides is 1. The third kappa shape index (κ3) is 3.68. The van der Waals surface area contributed by atoms with Crippen LogP contribution in [0.5, 0.6) is 0 Å². The second-order valence-electron chi connectivity index (χ2n) is 3.80. The predicted molar refractivity (Wildman–Crippen MR) is 91.5 cm³/mol. The molecule has 1 aromatic carbocycles. The summed E-state index contributed by atoms with van der Waals surface area (Å²) in [5.41, 5.74) is 2.36. The molecule has 5 heteroatoms. The van der Waals surface area contributed by atoms with Gasteiger partial charge in [-0.15, -0.1) is 0 Å². The lowest BCUT2D eigenvalue weighted by Gasteiger charge is -2.13. The highest BCUT2D eigenvalue weighted by Gasteiger charge is 2.14. The van der Waals surface area contributed by atoms with Gasteiger partial charge < -0.3 is 0 Å². The van der Waals surface area contributed by atoms with E-state index in [1.54, 1.807) is 12.4 Å². The van der Waals surface area contributed by atoms with E-state index >= 15 is 0 Å². The van der Waals surface area contributed by atoms with E-state index in [0.717, 1.165) is 16.5 Å². The Morgan fingerprint density at radius 2 is 2.11 bits per heavy atom. The summed E-state index contributed by atoms with van der Waals surface area (Å²) in [4.78, 5) is 4.24. The normalized spacial score (nSPS) is 12.4. The van der Waals surface area contributed by atoms with Gasteiger partial charge in [0.1, 0.15) is 0 Å². The lowest BCUT2D eigenvalue weighted by Crippen LogP contribution is -1.99. The van der Waals surface area contributed by atoms with Gasteiger partial charge >= 0.3 is 0 Å². The molecule has 0 radical (unpaired) electrons. The van der Waals surface area contributed by atoms with Crippen molar-refractivity contribution in [3.63, 3.8) is 0 Å². The molecule has 0 aliphatic rings. The van der Waals surface area contributed by atoms with Crippen molar-refractivity contribution in [1.82, 2.24) is 4.98 Å². The van der Waals surface area contributed by atoms with Gasteiger partial charge in [0, 0.05) is 25.3 Å². The molecule has 0 bridgehead atoms. The fourth-order valence-corrected chi connectivity index (χ4v) is 4.07. The van der Waals surface area contributed by atoms with Crippen molar-refractivity contribution in [3.8, 4) is 0 Å². The van der Waals surface area contributed by atoms with Crippen LogP contribution in [0.3, 0.4) is 0 Å². The van der Waals surface area contributed by atoms with E-state index < -0.39 is 0 Å². The number of pyridine rings is 1. The van der Waals surface area contributed by atoms with Gasteiger partial charge in [0.15, 0.2) is 0 Å². The predicted octanol–water partition coefficient (Wildman–Crippen LogP) is 5.78. The number of rotatable bonds is 3. The highest BCUT2D eigenvalue weighted by atomic mass is 127. The molecule has 2 rings (SSSR count). The SMILES string of the molecule is Clc1cnccc1CC(Br)c1cc(Br)ccc1I. The molecule has 0 N–H and O–H groups in total. The van der Waals surface area contributed by atoms with Crippen LogP contribution in [0.4, 0.5) is 0 Å². The molecule has 1 aromatic heterocycles. The zero-order chi connectivity index (χ0) is 13.1. The lowest BCUT2D eigenvalue weighted by atomic mass is 10.1. The van der Waals surface area contributed by atoms with E-state index in [-0.39, 0.29) is 4.83 Å². The molecule has 1 atom stereocenters. The van der Waals surface area contributed by atoms with Gasteiger partial charge in [-0.2, -0.15) is 0 Å². The number of hydrogen-bond acceptors (Lipinski definition) is 1. The fraction of sp³-hybridized carbons (Fsp3) is 0.154. The van der Waals surface area contributed by atoms with Gasteiger partial charge in [0.05, 0.1) is 5.02 Å². The first kappa shape index (κ1) is 14.8. The van der Waals surface area contributed by atoms with Crippen LogP contribution in [0.15, 0.2) is 41.1 Å². The van der Waals surface area contributed by atoms with Crippen LogP contribution in [0.2, 0.25) is 5.02 Å². The summed E-state index contributed by atoms with van der Waals surface area (Å²) >= 11 is 15.7. The zero-order valence-electron chi connectivity index (χ0n) is 9.21. The van der Waals surface area contributed by atoms with Crippen molar-refractivity contribution < 1.29 is 0 Å². The van der Waals surface area contributed by atoms with Crippen LogP contribution in [0, 0.1) is 3.57 Å². The van der Waals surface area contributed by atoms with Crippen LogP contribution in [-0.4, -0.2) is 4.98 Å². The monoisotopic (exact) mass is 499 g/mol. The van der Waals surface area contributed by atoms with Crippen LogP contribution in [-0.2, 0) is 6.42 Å². The number of hydrogen-bond donors (Lipinski definition) is 0. The van der Waals surface area contributed by atoms with Gasteiger partial charge in [-0.1, -0.05) is 43.5 Å². The van der Waals surface area contributed by atoms with E-state index in [0.29, 0.717) is 5.02 Å². The molecular formula is C13H9Br2ClIN. The number of halogens is 4. The summed E-state index contributed by atoms with van der Waals surface area (Å²) < 4.78 is 2.33. The van der Waals surface area contributed by atoms with Gasteiger partial charge in [0.2, 0.25) is 0 Å². The quantitative estimate of drug-likeness (QED) is 0.384. The zero-order valence-corrected chi connectivity index (χ0v) is 15.3. The standard InChI is InChI=1S/C13H9Br2ClIN/c14-9-1-2-13(17)10(6-9)11(15)5-8-3-4-18-7-12(8)16/h1-4,6-7,11H,5H2. The highest BCUT2D eigenvalue weighted by molar-refractivity contribution is 14.1. The van der Waals surface area contributed by atoms with Crippen LogP contribution in [0.1, 0.15) is 16.0 Å². The Bertz CT molecular complexity index is 562. The Kier molecular flexibility index (Phi) is 5.47. The first-order valence-electron chi connectivity index (χ1n) is 5.25. The van der Waals surface area contributed by atoms with E-state index in [1.165, 1.54) is 9.13 Å². The average molecular weight is 501 g/mol. The second kappa shape index (κ2) is 6.68. The van der Waals surface area contributed by atoms with Crippen LogP contribution in [0.25, 0.3) is 0 Å². The van der Waals surface area contributed by atoms with Gasteiger partial charge in [0.25, 0.3) is 0 Å². The molecule has 1 nitrogen and oxygen atoms in total. The van der Waals surface area contributed by atoms with E-state index in [4.69, 9.17) is 11.6 Å². The van der Waals surface area contributed by atoms with Crippen LogP contribution >= 0.6 is 66.1 Å². The molecule has 0 fully saturated rings. The molecule has 1 unspecified atom stereocenters. The molecule has 0 aliphatic heterocycles. The minimum absolute atomic E-state index is 0.238. The minimum Gasteiger partial charge on any atom is -0.263 e. The van der Waals surface area contributed by atoms with Gasteiger partial charge in [-0.3, -0.25) is 4.98 Å². The smallest absolute Gasteiger partial charge is 0.0621 e. The maximum absolute atomic E-state index is 6.13. The molecule has 2 aromatic rings. The van der Waals surface area contributed by atoms with Crippen molar-refractivity contribution in [2.24, 2.45) is 0 Å². The molecule has 1 heterocycles. The molecule has 0 saturated carbocycles. The number of nitrogens with zero attached hydrogens (tertiary/aromatic N) is 1. The maximum atomic E-state index is 6.13. The van der Waals surface area contributed by atoms with E-state index in [9.17, 15) is 0 Å². The first-order chi connectivity index (χ1) is 8.58. The number of aromatic nitrogens is 1. The Morgan fingerprint density at radius 1 is 1.33 bits per heavy atom. The Balaban J connectivity index is 2.25. The van der Waals surface area contributed by atoms with Crippen molar-refractivity contribution in [1.29, 1.82) is 0 Å². The summed E-state index contributed by atoms with van der Waals surface area (Å²) in [6, 6.07) is 8.24. The number of benzene rings is 1. The molecule has 0 aliphatic carbocycles. The fourth-order valence-electron chi connectivity index (χ4n) is 1.63. The summed E-state index contributed by atoms with van der Waals surface area (Å²) in [5, 5.41) is 0.715. The molecular weight excluding hydrogens is 492 g/mol. The third-order valence-corrected chi connectivity index (χ3v) is 5.18. The van der Waals surface area contributed by atoms with Crippen molar-refractivity contribution in [2.75, 3.05) is 0 Å². The summed E-state index contributed by atoms with van der Waals surface area (Å²) in [6.07, 6.45) is 4.29. The Morgan fingerprint density at radius 3 is 2.83 bits per heavy atom.